The number of benzene rings is 2. The van der Waals surface area contributed by atoms with Gasteiger partial charge in [0.1, 0.15) is 12.4 Å². The summed E-state index contributed by atoms with van der Waals surface area (Å²) < 4.78 is 1.59. The average molecular weight is 468 g/mol. The highest BCUT2D eigenvalue weighted by molar-refractivity contribution is 7.99. The fraction of sp³-hybridized carbons (Fsp3) is 0.190. The Morgan fingerprint density at radius 2 is 2.12 bits per heavy atom. The second kappa shape index (κ2) is 8.29. The lowest BCUT2D eigenvalue weighted by Gasteiger charge is -2.21. The van der Waals surface area contributed by atoms with E-state index < -0.39 is 11.9 Å². The highest BCUT2D eigenvalue weighted by Gasteiger charge is 2.31. The Balaban J connectivity index is 1.32. The molecule has 0 aliphatic carbocycles. The number of H-pyrrole nitrogens is 1. The summed E-state index contributed by atoms with van der Waals surface area (Å²) in [5.74, 6) is -0.323. The van der Waals surface area contributed by atoms with E-state index in [1.54, 1.807) is 11.7 Å². The first-order valence-electron chi connectivity index (χ1n) is 9.82. The Bertz CT molecular complexity index is 1320. The van der Waals surface area contributed by atoms with Crippen LogP contribution in [0.3, 0.4) is 0 Å². The molecule has 0 bridgehead atoms. The van der Waals surface area contributed by atoms with Gasteiger partial charge in [-0.05, 0) is 17.7 Å². The van der Waals surface area contributed by atoms with E-state index in [9.17, 15) is 9.59 Å². The second-order valence-electron chi connectivity index (χ2n) is 7.37. The van der Waals surface area contributed by atoms with Gasteiger partial charge in [0.05, 0.1) is 17.7 Å². The summed E-state index contributed by atoms with van der Waals surface area (Å²) in [6, 6.07) is 12.8. The lowest BCUT2D eigenvalue weighted by molar-refractivity contribution is -0.119. The molecule has 0 spiro atoms. The van der Waals surface area contributed by atoms with Gasteiger partial charge in [-0.2, -0.15) is 5.10 Å². The van der Waals surface area contributed by atoms with E-state index in [-0.39, 0.29) is 11.7 Å². The van der Waals surface area contributed by atoms with E-state index in [0.29, 0.717) is 17.5 Å². The smallest absolute Gasteiger partial charge is 0.291 e. The lowest BCUT2D eigenvalue weighted by Crippen LogP contribution is -2.48. The van der Waals surface area contributed by atoms with Crippen LogP contribution in [-0.4, -0.2) is 55.6 Å². The number of hydrogen-bond donors (Lipinski definition) is 2. The van der Waals surface area contributed by atoms with Crippen molar-refractivity contribution in [1.29, 1.82) is 0 Å². The van der Waals surface area contributed by atoms with Crippen LogP contribution in [0.4, 0.5) is 5.69 Å². The third-order valence-electron chi connectivity index (χ3n) is 5.22. The van der Waals surface area contributed by atoms with Crippen LogP contribution in [0.15, 0.2) is 53.7 Å². The van der Waals surface area contributed by atoms with Gasteiger partial charge in [-0.15, -0.1) is 16.9 Å². The van der Waals surface area contributed by atoms with E-state index in [0.717, 1.165) is 27.0 Å². The van der Waals surface area contributed by atoms with Crippen molar-refractivity contribution in [2.24, 2.45) is 0 Å². The fourth-order valence-corrected chi connectivity index (χ4v) is 4.86. The van der Waals surface area contributed by atoms with Crippen LogP contribution in [0.2, 0.25) is 5.15 Å². The summed E-state index contributed by atoms with van der Waals surface area (Å²) in [5.41, 5.74) is 2.56. The summed E-state index contributed by atoms with van der Waals surface area (Å²) in [5, 5.41) is 15.0. The molecule has 162 valence electrons. The zero-order valence-electron chi connectivity index (χ0n) is 16.9. The van der Waals surface area contributed by atoms with Gasteiger partial charge in [0.25, 0.3) is 5.91 Å². The van der Waals surface area contributed by atoms with Crippen molar-refractivity contribution in [3.05, 3.63) is 65.3 Å². The summed E-state index contributed by atoms with van der Waals surface area (Å²) in [4.78, 5) is 32.4. The van der Waals surface area contributed by atoms with Crippen molar-refractivity contribution in [2.75, 3.05) is 17.7 Å². The molecule has 2 aromatic heterocycles. The number of fused-ring (bicyclic) bond motifs is 2. The number of carbonyl (C=O) groups is 2. The summed E-state index contributed by atoms with van der Waals surface area (Å²) in [7, 11) is 1.68. The number of amides is 2. The number of thioether (sulfide) groups is 1. The molecule has 2 aromatic carbocycles. The number of nitrogens with zero attached hydrogens (tertiary/aromatic N) is 5. The Labute approximate surface area is 192 Å². The number of halogens is 1. The maximum Gasteiger partial charge on any atom is 0.291 e. The normalized spacial score (nSPS) is 16.1. The van der Waals surface area contributed by atoms with E-state index in [2.05, 4.69) is 25.6 Å². The molecule has 0 radical (unpaired) electrons. The molecule has 2 amide bonds. The molecule has 32 heavy (non-hydrogen) atoms. The maximum absolute atomic E-state index is 13.1. The Morgan fingerprint density at radius 3 is 2.94 bits per heavy atom. The summed E-state index contributed by atoms with van der Waals surface area (Å²) >= 11 is 7.61. The number of carbonyl (C=O) groups excluding carboxylic acids is 2. The quantitative estimate of drug-likeness (QED) is 0.477. The Hall–Kier alpha value is -3.37. The minimum atomic E-state index is -0.724. The number of aromatic amines is 1. The zero-order valence-corrected chi connectivity index (χ0v) is 18.5. The molecular formula is C21H18ClN7O2S. The first kappa shape index (κ1) is 20.5. The Kier molecular flexibility index (Phi) is 5.32. The van der Waals surface area contributed by atoms with Gasteiger partial charge in [-0.3, -0.25) is 14.7 Å². The highest BCUT2D eigenvalue weighted by atomic mass is 35.5. The number of aromatic nitrogens is 5. The molecule has 0 fully saturated rings. The predicted molar refractivity (Wildman–Crippen MR) is 122 cm³/mol. The number of nitrogens with one attached hydrogen (secondary N) is 2. The molecule has 4 aromatic rings. The van der Waals surface area contributed by atoms with E-state index >= 15 is 0 Å². The predicted octanol–water partition coefficient (Wildman–Crippen LogP) is 2.72. The topological polar surface area (TPSA) is 109 Å². The van der Waals surface area contributed by atoms with E-state index in [1.807, 2.05) is 42.5 Å². The molecule has 5 rings (SSSR count). The number of anilines is 1. The monoisotopic (exact) mass is 467 g/mol. The molecule has 9 nitrogen and oxygen atoms in total. The first-order chi connectivity index (χ1) is 15.5. The molecular weight excluding hydrogens is 450 g/mol. The van der Waals surface area contributed by atoms with Crippen molar-refractivity contribution >= 4 is 51.8 Å². The van der Waals surface area contributed by atoms with Gasteiger partial charge >= 0.3 is 0 Å². The number of likely N-dealkylation sites (N-methyl/N-ethyl adjacent to an activating group) is 1. The van der Waals surface area contributed by atoms with Crippen molar-refractivity contribution in [2.45, 2.75) is 17.5 Å². The number of hydrogen-bond acceptors (Lipinski definition) is 6. The molecule has 2 N–H and O–H groups in total. The van der Waals surface area contributed by atoms with Crippen molar-refractivity contribution in [3.63, 3.8) is 0 Å². The van der Waals surface area contributed by atoms with Gasteiger partial charge in [0, 0.05) is 23.1 Å². The maximum atomic E-state index is 13.1. The van der Waals surface area contributed by atoms with Crippen LogP contribution in [0.5, 0.6) is 0 Å². The van der Waals surface area contributed by atoms with Gasteiger partial charge in [0.15, 0.2) is 5.15 Å². The van der Waals surface area contributed by atoms with Crippen LogP contribution >= 0.6 is 23.4 Å². The zero-order chi connectivity index (χ0) is 22.2. The van der Waals surface area contributed by atoms with Crippen LogP contribution < -0.4 is 10.2 Å². The highest BCUT2D eigenvalue weighted by Crippen LogP contribution is 2.38. The second-order valence-corrected chi connectivity index (χ2v) is 8.79. The van der Waals surface area contributed by atoms with Gasteiger partial charge < -0.3 is 10.2 Å². The molecule has 1 aliphatic heterocycles. The average Bonchev–Trinajstić information content (AvgIpc) is 3.39. The molecule has 3 heterocycles. The van der Waals surface area contributed by atoms with Crippen molar-refractivity contribution < 1.29 is 9.59 Å². The molecule has 0 saturated heterocycles. The van der Waals surface area contributed by atoms with Gasteiger partial charge in [-0.1, -0.05) is 41.9 Å². The minimum Gasteiger partial charge on any atom is -0.337 e. The van der Waals surface area contributed by atoms with Crippen LogP contribution in [0.1, 0.15) is 16.2 Å². The van der Waals surface area contributed by atoms with E-state index in [4.69, 9.17) is 11.6 Å². The number of rotatable bonds is 4. The molecule has 0 saturated carbocycles. The van der Waals surface area contributed by atoms with E-state index in [1.165, 1.54) is 23.0 Å². The fourth-order valence-electron chi connectivity index (χ4n) is 3.55. The van der Waals surface area contributed by atoms with Crippen molar-refractivity contribution in [1.82, 2.24) is 30.3 Å². The molecule has 1 aliphatic rings. The summed E-state index contributed by atoms with van der Waals surface area (Å²) in [6.45, 7) is 0.502. The largest absolute Gasteiger partial charge is 0.337 e. The first-order valence-corrected chi connectivity index (χ1v) is 11.2. The molecule has 1 atom stereocenters. The SMILES string of the molecule is CN1C(=O)[C@@H](NC(=O)c2ncn(Cc3ccccc3)n2)CSc2cc3[nH]nc(Cl)c3cc21. The minimum absolute atomic E-state index is 0.0225. The van der Waals surface area contributed by atoms with Gasteiger partial charge in [0.2, 0.25) is 11.7 Å². The third kappa shape index (κ3) is 3.82. The molecule has 11 heteroatoms. The molecule has 0 unspecified atom stereocenters. The van der Waals surface area contributed by atoms with Crippen LogP contribution in [0, 0.1) is 0 Å². The van der Waals surface area contributed by atoms with Crippen molar-refractivity contribution in [3.8, 4) is 0 Å². The third-order valence-corrected chi connectivity index (χ3v) is 6.65. The van der Waals surface area contributed by atoms with Crippen LogP contribution in [0.25, 0.3) is 10.9 Å². The van der Waals surface area contributed by atoms with Crippen LogP contribution in [-0.2, 0) is 11.3 Å². The standard InChI is InChI=1S/C21H18ClN7O2S/c1-28-16-7-13-14(25-26-18(13)22)8-17(16)32-10-15(21(28)31)24-20(30)19-23-11-29(27-19)9-12-5-3-2-4-6-12/h2-8,11,15H,9-10H2,1H3,(H,24,30)(H,25,26)/t15-/m0/s1. The van der Waals surface area contributed by atoms with Gasteiger partial charge in [-0.25, -0.2) is 9.67 Å². The summed E-state index contributed by atoms with van der Waals surface area (Å²) in [6.07, 6.45) is 1.51. The lowest BCUT2D eigenvalue weighted by atomic mass is 10.2. The Morgan fingerprint density at radius 1 is 1.31 bits per heavy atom.